The summed E-state index contributed by atoms with van der Waals surface area (Å²) >= 11 is 1.78. The van der Waals surface area contributed by atoms with Crippen molar-refractivity contribution in [2.75, 3.05) is 12.3 Å². The molecule has 0 N–H and O–H groups in total. The number of hydrogen-bond donors (Lipinski definition) is 0. The van der Waals surface area contributed by atoms with Gasteiger partial charge in [0.2, 0.25) is 0 Å². The van der Waals surface area contributed by atoms with Crippen LogP contribution in [0.15, 0.2) is 4.99 Å². The van der Waals surface area contributed by atoms with Crippen molar-refractivity contribution < 1.29 is 18.9 Å². The maximum absolute atomic E-state index is 3.92. The molecule has 1 nitrogen and oxygen atoms in total. The third kappa shape index (κ3) is 4.47. The summed E-state index contributed by atoms with van der Waals surface area (Å²) in [6.07, 6.45) is 0. The molecule has 1 heterocycles. The molecule has 3 heteroatoms. The first-order valence-corrected chi connectivity index (χ1v) is 2.65. The van der Waals surface area contributed by atoms with E-state index in [-0.39, 0.29) is 26.3 Å². The van der Waals surface area contributed by atoms with Gasteiger partial charge in [0.05, 0.1) is 5.55 Å². The number of thioether (sulfide) groups is 1. The molecule has 0 aromatic heterocycles. The van der Waals surface area contributed by atoms with E-state index in [9.17, 15) is 0 Å². The summed E-state index contributed by atoms with van der Waals surface area (Å²) in [5.74, 6) is 1.19. The summed E-state index contributed by atoms with van der Waals surface area (Å²) in [7, 11) is 0. The molecular weight excluding hydrogens is 101 g/mol. The molecule has 7 heavy (non-hydrogen) atoms. The van der Waals surface area contributed by atoms with Crippen molar-refractivity contribution in [1.29, 1.82) is 0 Å². The zero-order valence-corrected chi connectivity index (χ0v) is 5.66. The third-order valence-corrected chi connectivity index (χ3v) is 1.20. The molecule has 1 aliphatic rings. The maximum Gasteiger partial charge on any atom is 1.00 e. The Hall–Kier alpha value is 0.617. The maximum atomic E-state index is 3.92. The second-order valence-electron chi connectivity index (χ2n) is 0.882. The molecule has 1 aliphatic heterocycles. The van der Waals surface area contributed by atoms with E-state index in [1.165, 1.54) is 5.75 Å². The van der Waals surface area contributed by atoms with Crippen molar-refractivity contribution in [2.45, 2.75) is 0 Å². The Kier molecular flexibility index (Phi) is 9.99. The van der Waals surface area contributed by atoms with Crippen LogP contribution in [0.4, 0.5) is 0 Å². The summed E-state index contributed by atoms with van der Waals surface area (Å²) < 4.78 is 0. The fraction of sp³-hybridized carbons (Fsp3) is 0.500. The topological polar surface area (TPSA) is 12.4 Å². The monoisotopic (exact) mass is 109 g/mol. The van der Waals surface area contributed by atoms with E-state index in [0.717, 1.165) is 6.54 Å². The van der Waals surface area contributed by atoms with Crippen LogP contribution in [0, 0.1) is 7.43 Å². The smallest absolute Gasteiger partial charge is 0.358 e. The Balaban J connectivity index is 0. The molecule has 1 rings (SSSR count). The van der Waals surface area contributed by atoms with Crippen molar-refractivity contribution >= 4 is 17.3 Å². The van der Waals surface area contributed by atoms with Crippen molar-refractivity contribution in [2.24, 2.45) is 4.99 Å². The van der Waals surface area contributed by atoms with Crippen LogP contribution >= 0.6 is 11.8 Å². The van der Waals surface area contributed by atoms with Crippen molar-refractivity contribution in [3.8, 4) is 0 Å². The second-order valence-corrected chi connectivity index (χ2v) is 1.83. The van der Waals surface area contributed by atoms with Gasteiger partial charge < -0.3 is 7.43 Å². The molecule has 0 spiro atoms. The van der Waals surface area contributed by atoms with Gasteiger partial charge in [0.1, 0.15) is 0 Å². The average molecular weight is 109 g/mol. The molecule has 0 saturated carbocycles. The van der Waals surface area contributed by atoms with E-state index in [4.69, 9.17) is 0 Å². The molecule has 0 bridgehead atoms. The molecule has 0 unspecified atom stereocenters. The zero-order chi connectivity index (χ0) is 3.54. The molecule has 0 atom stereocenters. The molecule has 0 saturated heterocycles. The van der Waals surface area contributed by atoms with E-state index < -0.39 is 0 Å². The molecule has 0 aromatic rings. The number of hydrogen-bond acceptors (Lipinski definition) is 2. The van der Waals surface area contributed by atoms with Crippen LogP contribution in [0.25, 0.3) is 0 Å². The average Bonchev–Trinajstić information content (AvgIpc) is 1.76. The van der Waals surface area contributed by atoms with E-state index in [1.54, 1.807) is 11.8 Å². The first-order chi connectivity index (χ1) is 2.50. The van der Waals surface area contributed by atoms with Crippen molar-refractivity contribution in [1.82, 2.24) is 0 Å². The van der Waals surface area contributed by atoms with Crippen LogP contribution in [-0.2, 0) is 0 Å². The molecule has 36 valence electrons. The third-order valence-electron chi connectivity index (χ3n) is 0.487. The van der Waals surface area contributed by atoms with Gasteiger partial charge in [0, 0.05) is 12.3 Å². The zero-order valence-electron chi connectivity index (χ0n) is 4.85. The predicted octanol–water partition coefficient (Wildman–Crippen LogP) is -1.78. The fourth-order valence-electron chi connectivity index (χ4n) is 0.264. The van der Waals surface area contributed by atoms with Gasteiger partial charge >= 0.3 is 18.9 Å². The molecule has 0 fully saturated rings. The van der Waals surface area contributed by atoms with Gasteiger partial charge in [0.25, 0.3) is 0 Å². The predicted molar refractivity (Wildman–Crippen MR) is 32.2 cm³/mol. The summed E-state index contributed by atoms with van der Waals surface area (Å²) in [4.78, 5) is 3.92. The van der Waals surface area contributed by atoms with Crippen LogP contribution < -0.4 is 18.9 Å². The van der Waals surface area contributed by atoms with Gasteiger partial charge in [-0.2, -0.15) is 0 Å². The fourth-order valence-corrected chi connectivity index (χ4v) is 0.791. The van der Waals surface area contributed by atoms with Crippen molar-refractivity contribution in [3.05, 3.63) is 7.43 Å². The summed E-state index contributed by atoms with van der Waals surface area (Å²) in [6, 6.07) is 0. The van der Waals surface area contributed by atoms with E-state index in [1.807, 2.05) is 5.55 Å². The Labute approximate surface area is 61.2 Å². The minimum atomic E-state index is 0. The number of aliphatic imine (C=N–C) groups is 1. The minimum absolute atomic E-state index is 0. The van der Waals surface area contributed by atoms with Crippen LogP contribution in [0.1, 0.15) is 0 Å². The Morgan fingerprint density at radius 2 is 2.29 bits per heavy atom. The Morgan fingerprint density at radius 3 is 2.43 bits per heavy atom. The molecular formula is C4H8LiNS. The van der Waals surface area contributed by atoms with E-state index in [0.29, 0.717) is 0 Å². The normalized spacial score (nSPS) is 14.9. The van der Waals surface area contributed by atoms with Crippen LogP contribution in [0.2, 0.25) is 0 Å². The quantitative estimate of drug-likeness (QED) is 0.264. The van der Waals surface area contributed by atoms with E-state index in [2.05, 4.69) is 4.99 Å². The molecule has 0 aromatic carbocycles. The Morgan fingerprint density at radius 1 is 1.57 bits per heavy atom. The van der Waals surface area contributed by atoms with Gasteiger partial charge in [-0.15, -0.1) is 11.8 Å². The standard InChI is InChI=1S/C3H5NS.CH3.Li/c1-2-5-3-4-1;;/h3H,1-2H2;1H3;/q;-1;+1. The summed E-state index contributed by atoms with van der Waals surface area (Å²) in [5, 5.41) is 0. The van der Waals surface area contributed by atoms with Crippen LogP contribution in [0.3, 0.4) is 0 Å². The SMILES string of the molecule is C1=NCCS1.[CH3-].[Li+]. The second kappa shape index (κ2) is 6.62. The van der Waals surface area contributed by atoms with Gasteiger partial charge in [-0.25, -0.2) is 0 Å². The van der Waals surface area contributed by atoms with Crippen LogP contribution in [-0.4, -0.2) is 17.8 Å². The Bertz CT molecular complexity index is 49.7. The number of nitrogens with zero attached hydrogens (tertiary/aromatic N) is 1. The summed E-state index contributed by atoms with van der Waals surface area (Å²) in [6.45, 7) is 1.03. The van der Waals surface area contributed by atoms with Crippen molar-refractivity contribution in [3.63, 3.8) is 0 Å². The largest absolute Gasteiger partial charge is 1.00 e. The van der Waals surface area contributed by atoms with Crippen LogP contribution in [0.5, 0.6) is 0 Å². The van der Waals surface area contributed by atoms with Gasteiger partial charge in [-0.05, 0) is 0 Å². The molecule has 0 amide bonds. The van der Waals surface area contributed by atoms with Gasteiger partial charge in [-0.1, -0.05) is 0 Å². The van der Waals surface area contributed by atoms with Gasteiger partial charge in [0.15, 0.2) is 0 Å². The van der Waals surface area contributed by atoms with E-state index >= 15 is 0 Å². The minimum Gasteiger partial charge on any atom is -0.358 e. The number of rotatable bonds is 0. The first-order valence-electron chi connectivity index (χ1n) is 1.60. The molecule has 0 radical (unpaired) electrons. The molecule has 0 aliphatic carbocycles. The van der Waals surface area contributed by atoms with Gasteiger partial charge in [-0.3, -0.25) is 4.99 Å². The summed E-state index contributed by atoms with van der Waals surface area (Å²) in [5.41, 5.74) is 1.90. The first kappa shape index (κ1) is 10.6.